The van der Waals surface area contributed by atoms with Crippen LogP contribution in [0.15, 0.2) is 47.4 Å². The quantitative estimate of drug-likeness (QED) is 0.578. The molecule has 154 valence electrons. The topological polar surface area (TPSA) is 63.7 Å². The van der Waals surface area contributed by atoms with E-state index in [-0.39, 0.29) is 17.4 Å². The molecule has 6 heteroatoms. The molecule has 0 spiro atoms. The molecule has 0 aliphatic heterocycles. The molecule has 0 heterocycles. The fourth-order valence-electron chi connectivity index (χ4n) is 3.21. The molecule has 28 heavy (non-hydrogen) atoms. The number of rotatable bonds is 9. The van der Waals surface area contributed by atoms with Crippen molar-refractivity contribution in [2.75, 3.05) is 13.7 Å². The van der Waals surface area contributed by atoms with Crippen LogP contribution in [-0.4, -0.2) is 38.4 Å². The maximum Gasteiger partial charge on any atom is 0.324 e. The van der Waals surface area contributed by atoms with Crippen LogP contribution in [0.2, 0.25) is 0 Å². The third-order valence-electron chi connectivity index (χ3n) is 4.77. The number of hydrogen-bond acceptors (Lipinski definition) is 4. The summed E-state index contributed by atoms with van der Waals surface area (Å²) in [6, 6.07) is 11.9. The summed E-state index contributed by atoms with van der Waals surface area (Å²) in [5.41, 5.74) is 0. The van der Waals surface area contributed by atoms with E-state index >= 15 is 0 Å². The molecule has 2 rings (SSSR count). The van der Waals surface area contributed by atoms with Gasteiger partial charge in [-0.05, 0) is 47.6 Å². The average molecular weight is 406 g/mol. The molecule has 1 unspecified atom stereocenters. The molecule has 2 aromatic carbocycles. The third kappa shape index (κ3) is 5.32. The summed E-state index contributed by atoms with van der Waals surface area (Å²) in [5.74, 6) is -0.0501. The van der Waals surface area contributed by atoms with Crippen LogP contribution < -0.4 is 0 Å². The molecule has 0 aliphatic rings. The summed E-state index contributed by atoms with van der Waals surface area (Å²) in [5, 5.41) is 1.83. The van der Waals surface area contributed by atoms with Gasteiger partial charge in [0.2, 0.25) is 10.0 Å². The maximum absolute atomic E-state index is 13.6. The van der Waals surface area contributed by atoms with E-state index in [1.807, 2.05) is 52.0 Å². The van der Waals surface area contributed by atoms with Gasteiger partial charge in [-0.1, -0.05) is 58.0 Å². The van der Waals surface area contributed by atoms with Crippen LogP contribution in [0, 0.1) is 11.8 Å². The van der Waals surface area contributed by atoms with Gasteiger partial charge in [0, 0.05) is 6.54 Å². The first-order valence-electron chi connectivity index (χ1n) is 9.75. The molecule has 0 N–H and O–H groups in total. The molecule has 2 aromatic rings. The minimum absolute atomic E-state index is 0.150. The fraction of sp³-hybridized carbons (Fsp3) is 0.500. The number of ether oxygens (including phenoxy) is 1. The molecule has 0 fully saturated rings. The minimum atomic E-state index is -3.86. The van der Waals surface area contributed by atoms with Crippen LogP contribution in [0.4, 0.5) is 0 Å². The summed E-state index contributed by atoms with van der Waals surface area (Å²) in [6.45, 7) is 8.30. The van der Waals surface area contributed by atoms with Crippen LogP contribution in [0.1, 0.15) is 40.5 Å². The lowest BCUT2D eigenvalue weighted by Gasteiger charge is -2.30. The predicted molar refractivity (Wildman–Crippen MR) is 113 cm³/mol. The van der Waals surface area contributed by atoms with Crippen molar-refractivity contribution >= 4 is 26.8 Å². The zero-order valence-electron chi connectivity index (χ0n) is 17.4. The SMILES string of the molecule is COC(=O)C(CC(C)C)N(CCC(C)C)S(=O)(=O)c1ccc2ccccc2c1. The first-order valence-corrected chi connectivity index (χ1v) is 11.2. The van der Waals surface area contributed by atoms with Gasteiger partial charge in [0.1, 0.15) is 6.04 Å². The molecule has 0 radical (unpaired) electrons. The highest BCUT2D eigenvalue weighted by molar-refractivity contribution is 7.89. The van der Waals surface area contributed by atoms with Crippen molar-refractivity contribution in [1.29, 1.82) is 0 Å². The number of carbonyl (C=O) groups is 1. The lowest BCUT2D eigenvalue weighted by molar-refractivity contribution is -0.145. The summed E-state index contributed by atoms with van der Waals surface area (Å²) in [6.07, 6.45) is 1.08. The Balaban J connectivity index is 2.52. The lowest BCUT2D eigenvalue weighted by atomic mass is 10.0. The smallest absolute Gasteiger partial charge is 0.324 e. The van der Waals surface area contributed by atoms with Crippen molar-refractivity contribution in [3.63, 3.8) is 0 Å². The number of esters is 1. The number of hydrogen-bond donors (Lipinski definition) is 0. The molecule has 0 aliphatic carbocycles. The van der Waals surface area contributed by atoms with E-state index in [2.05, 4.69) is 0 Å². The van der Waals surface area contributed by atoms with Crippen LogP contribution >= 0.6 is 0 Å². The maximum atomic E-state index is 13.6. The predicted octanol–water partition coefficient (Wildman–Crippen LogP) is 4.46. The molecule has 0 saturated carbocycles. The van der Waals surface area contributed by atoms with Crippen LogP contribution in [0.5, 0.6) is 0 Å². The van der Waals surface area contributed by atoms with E-state index in [0.717, 1.165) is 10.8 Å². The van der Waals surface area contributed by atoms with Gasteiger partial charge in [-0.25, -0.2) is 8.42 Å². The first kappa shape index (κ1) is 22.4. The van der Waals surface area contributed by atoms with E-state index in [4.69, 9.17) is 4.74 Å². The van der Waals surface area contributed by atoms with Crippen molar-refractivity contribution in [1.82, 2.24) is 4.31 Å². The fourth-order valence-corrected chi connectivity index (χ4v) is 4.85. The number of methoxy groups -OCH3 is 1. The first-order chi connectivity index (χ1) is 13.2. The molecule has 0 aromatic heterocycles. The molecule has 0 saturated heterocycles. The highest BCUT2D eigenvalue weighted by Crippen LogP contribution is 2.26. The van der Waals surface area contributed by atoms with Gasteiger partial charge in [-0.2, -0.15) is 4.31 Å². The summed E-state index contributed by atoms with van der Waals surface area (Å²) in [7, 11) is -2.55. The average Bonchev–Trinajstić information content (AvgIpc) is 2.65. The number of sulfonamides is 1. The Morgan fingerprint density at radius 3 is 2.21 bits per heavy atom. The van der Waals surface area contributed by atoms with E-state index in [1.165, 1.54) is 11.4 Å². The van der Waals surface area contributed by atoms with Gasteiger partial charge in [0.15, 0.2) is 0 Å². The number of carbonyl (C=O) groups excluding carboxylic acids is 1. The van der Waals surface area contributed by atoms with Crippen LogP contribution in [0.3, 0.4) is 0 Å². The van der Waals surface area contributed by atoms with Gasteiger partial charge < -0.3 is 4.74 Å². The second kappa shape index (κ2) is 9.52. The van der Waals surface area contributed by atoms with Crippen LogP contribution in [-0.2, 0) is 19.6 Å². The van der Waals surface area contributed by atoms with E-state index in [9.17, 15) is 13.2 Å². The molecular weight excluding hydrogens is 374 g/mol. The van der Waals surface area contributed by atoms with Gasteiger partial charge in [-0.3, -0.25) is 4.79 Å². The van der Waals surface area contributed by atoms with E-state index in [1.54, 1.807) is 18.2 Å². The van der Waals surface area contributed by atoms with Gasteiger partial charge >= 0.3 is 5.97 Å². The Hall–Kier alpha value is -1.92. The van der Waals surface area contributed by atoms with Crippen molar-refractivity contribution in [2.45, 2.75) is 51.5 Å². The molecule has 0 amide bonds. The Morgan fingerprint density at radius 1 is 1.00 bits per heavy atom. The highest BCUT2D eigenvalue weighted by Gasteiger charge is 2.36. The molecule has 5 nitrogen and oxygen atoms in total. The lowest BCUT2D eigenvalue weighted by Crippen LogP contribution is -2.47. The van der Waals surface area contributed by atoms with Crippen molar-refractivity contribution in [3.8, 4) is 0 Å². The van der Waals surface area contributed by atoms with Crippen LogP contribution in [0.25, 0.3) is 10.8 Å². The third-order valence-corrected chi connectivity index (χ3v) is 6.67. The number of benzene rings is 2. The Labute approximate surface area is 168 Å². The summed E-state index contributed by atoms with van der Waals surface area (Å²) < 4.78 is 33.4. The number of fused-ring (bicyclic) bond motifs is 1. The molecule has 0 bridgehead atoms. The Morgan fingerprint density at radius 2 is 1.64 bits per heavy atom. The highest BCUT2D eigenvalue weighted by atomic mass is 32.2. The molecular formula is C22H31NO4S. The zero-order valence-corrected chi connectivity index (χ0v) is 18.2. The van der Waals surface area contributed by atoms with Gasteiger partial charge in [0.25, 0.3) is 0 Å². The minimum Gasteiger partial charge on any atom is -0.468 e. The second-order valence-corrected chi connectivity index (χ2v) is 9.87. The van der Waals surface area contributed by atoms with Crippen molar-refractivity contribution in [3.05, 3.63) is 42.5 Å². The Kier molecular flexibility index (Phi) is 7.61. The second-order valence-electron chi connectivity index (χ2n) is 7.98. The normalized spacial score (nSPS) is 13.4. The van der Waals surface area contributed by atoms with Crippen molar-refractivity contribution < 1.29 is 17.9 Å². The van der Waals surface area contributed by atoms with Crippen molar-refractivity contribution in [2.24, 2.45) is 11.8 Å². The number of nitrogens with zero attached hydrogens (tertiary/aromatic N) is 1. The van der Waals surface area contributed by atoms with Gasteiger partial charge in [-0.15, -0.1) is 0 Å². The van der Waals surface area contributed by atoms with E-state index in [0.29, 0.717) is 18.8 Å². The summed E-state index contributed by atoms with van der Waals surface area (Å²) >= 11 is 0. The van der Waals surface area contributed by atoms with E-state index < -0.39 is 22.0 Å². The van der Waals surface area contributed by atoms with Gasteiger partial charge in [0.05, 0.1) is 12.0 Å². The standard InChI is InChI=1S/C22H31NO4S/c1-16(2)12-13-23(21(14-17(3)4)22(24)27-5)28(25,26)20-11-10-18-8-6-7-9-19(18)15-20/h6-11,15-17,21H,12-14H2,1-5H3. The molecule has 1 atom stereocenters. The monoisotopic (exact) mass is 405 g/mol. The Bertz CT molecular complexity index is 906. The zero-order chi connectivity index (χ0) is 20.9. The summed E-state index contributed by atoms with van der Waals surface area (Å²) in [4.78, 5) is 12.7. The largest absolute Gasteiger partial charge is 0.468 e.